The second-order valence-corrected chi connectivity index (χ2v) is 14.9. The van der Waals surface area contributed by atoms with Crippen LogP contribution >= 0.6 is 0 Å². The topological polar surface area (TPSA) is 78.9 Å². The lowest BCUT2D eigenvalue weighted by Gasteiger charge is -2.18. The molecule has 0 saturated carbocycles. The molecule has 0 bridgehead atoms. The van der Waals surface area contributed by atoms with Gasteiger partial charge in [-0.05, 0) is 103 Å². The molecule has 0 fully saturated rings. The predicted molar refractivity (Wildman–Crippen MR) is 247 cm³/mol. The summed E-state index contributed by atoms with van der Waals surface area (Å²) in [6.07, 6.45) is 59.7. The zero-order valence-corrected chi connectivity index (χ0v) is 37.3. The van der Waals surface area contributed by atoms with Crippen LogP contribution in [0.25, 0.3) is 0 Å². The van der Waals surface area contributed by atoms with Gasteiger partial charge >= 0.3 is 17.9 Å². The molecule has 0 spiro atoms. The fourth-order valence-electron chi connectivity index (χ4n) is 5.87. The molecule has 0 aromatic carbocycles. The molecule has 0 rings (SSSR count). The maximum Gasteiger partial charge on any atom is 0.306 e. The maximum atomic E-state index is 12.7. The van der Waals surface area contributed by atoms with Crippen molar-refractivity contribution < 1.29 is 28.6 Å². The van der Waals surface area contributed by atoms with Gasteiger partial charge in [-0.2, -0.15) is 0 Å². The molecule has 0 N–H and O–H groups in total. The van der Waals surface area contributed by atoms with Gasteiger partial charge < -0.3 is 14.2 Å². The van der Waals surface area contributed by atoms with Crippen molar-refractivity contribution >= 4 is 17.9 Å². The van der Waals surface area contributed by atoms with Gasteiger partial charge in [-0.15, -0.1) is 0 Å². The van der Waals surface area contributed by atoms with E-state index in [1.54, 1.807) is 0 Å². The summed E-state index contributed by atoms with van der Waals surface area (Å²) in [7, 11) is 0. The molecule has 0 aromatic heterocycles. The van der Waals surface area contributed by atoms with Crippen molar-refractivity contribution in [2.45, 2.75) is 200 Å². The molecule has 58 heavy (non-hydrogen) atoms. The second-order valence-electron chi connectivity index (χ2n) is 14.9. The quantitative estimate of drug-likeness (QED) is 0.0266. The summed E-state index contributed by atoms with van der Waals surface area (Å²) in [4.78, 5) is 37.7. The van der Waals surface area contributed by atoms with Crippen LogP contribution in [-0.4, -0.2) is 37.2 Å². The summed E-state index contributed by atoms with van der Waals surface area (Å²) >= 11 is 0. The van der Waals surface area contributed by atoms with Gasteiger partial charge in [-0.3, -0.25) is 14.4 Å². The number of unbranched alkanes of at least 4 members (excludes halogenated alkanes) is 13. The Hall–Kier alpha value is -3.67. The fraction of sp³-hybridized carbons (Fsp3) is 0.635. The van der Waals surface area contributed by atoms with Crippen LogP contribution in [0.1, 0.15) is 194 Å². The number of carbonyl (C=O) groups is 3. The van der Waals surface area contributed by atoms with Crippen LogP contribution in [0.15, 0.2) is 97.2 Å². The minimum atomic E-state index is -0.817. The summed E-state index contributed by atoms with van der Waals surface area (Å²) < 4.78 is 16.6. The van der Waals surface area contributed by atoms with Crippen molar-refractivity contribution in [3.63, 3.8) is 0 Å². The maximum absolute atomic E-state index is 12.7. The van der Waals surface area contributed by atoms with Crippen molar-refractivity contribution in [3.8, 4) is 0 Å². The van der Waals surface area contributed by atoms with E-state index in [1.165, 1.54) is 32.1 Å². The van der Waals surface area contributed by atoms with E-state index in [1.807, 2.05) is 12.2 Å². The average Bonchev–Trinajstić information content (AvgIpc) is 3.22. The second kappa shape index (κ2) is 46.0. The number of carbonyl (C=O) groups excluding carboxylic acids is 3. The lowest BCUT2D eigenvalue weighted by Crippen LogP contribution is -2.30. The van der Waals surface area contributed by atoms with Gasteiger partial charge in [0.15, 0.2) is 6.10 Å². The van der Waals surface area contributed by atoms with E-state index in [0.717, 1.165) is 116 Å². The van der Waals surface area contributed by atoms with Gasteiger partial charge in [-0.25, -0.2) is 0 Å². The highest BCUT2D eigenvalue weighted by atomic mass is 16.6. The highest BCUT2D eigenvalue weighted by Crippen LogP contribution is 2.12. The zero-order chi connectivity index (χ0) is 42.3. The molecule has 328 valence electrons. The standard InChI is InChI=1S/C52H84O6/c1-4-7-10-13-16-19-22-25-26-27-28-31-33-36-39-42-45-51(54)57-48-49(58-52(55)46-43-40-37-34-30-24-21-18-15-12-9-6-3)47-56-50(53)44-41-38-35-32-29-23-20-17-14-11-8-5-2/h7,9-10,12,16-21,25-26,28,31,36,39,49H,4-6,8,11,13-15,22-24,27,29-30,32-35,37-38,40-48H2,1-3H3/b10-7-,12-9-,19-16-,20-17-,21-18-,26-25-,31-28-,39-36-. The third-order valence-corrected chi connectivity index (χ3v) is 9.32. The molecule has 1 atom stereocenters. The molecule has 6 heteroatoms. The average molecular weight is 805 g/mol. The van der Waals surface area contributed by atoms with Gasteiger partial charge in [0.1, 0.15) is 13.2 Å². The molecular weight excluding hydrogens is 721 g/mol. The van der Waals surface area contributed by atoms with Crippen LogP contribution in [0.5, 0.6) is 0 Å². The molecule has 1 unspecified atom stereocenters. The molecule has 0 heterocycles. The third-order valence-electron chi connectivity index (χ3n) is 9.32. The Labute approximate surface area is 356 Å². The van der Waals surface area contributed by atoms with E-state index in [9.17, 15) is 14.4 Å². The molecule has 6 nitrogen and oxygen atoms in total. The fourth-order valence-corrected chi connectivity index (χ4v) is 5.87. The summed E-state index contributed by atoms with van der Waals surface area (Å²) in [5, 5.41) is 0. The van der Waals surface area contributed by atoms with Crippen molar-refractivity contribution in [1.29, 1.82) is 0 Å². The Bertz CT molecular complexity index is 1200. The van der Waals surface area contributed by atoms with E-state index in [-0.39, 0.29) is 37.5 Å². The zero-order valence-electron chi connectivity index (χ0n) is 37.3. The van der Waals surface area contributed by atoms with Crippen LogP contribution in [0.3, 0.4) is 0 Å². The first-order valence-electron chi connectivity index (χ1n) is 23.2. The lowest BCUT2D eigenvalue weighted by atomic mass is 10.1. The molecule has 0 amide bonds. The molecule has 0 aliphatic carbocycles. The number of hydrogen-bond acceptors (Lipinski definition) is 6. The minimum Gasteiger partial charge on any atom is -0.462 e. The number of hydrogen-bond donors (Lipinski definition) is 0. The van der Waals surface area contributed by atoms with Crippen LogP contribution in [-0.2, 0) is 28.6 Å². The molecule has 0 radical (unpaired) electrons. The van der Waals surface area contributed by atoms with E-state index in [2.05, 4.69) is 106 Å². The van der Waals surface area contributed by atoms with E-state index in [4.69, 9.17) is 14.2 Å². The first kappa shape index (κ1) is 54.3. The normalized spacial score (nSPS) is 12.9. The Morgan fingerprint density at radius 2 is 0.707 bits per heavy atom. The highest BCUT2D eigenvalue weighted by molar-refractivity contribution is 5.71. The summed E-state index contributed by atoms with van der Waals surface area (Å²) in [5.74, 6) is -1.03. The van der Waals surface area contributed by atoms with E-state index < -0.39 is 6.10 Å². The van der Waals surface area contributed by atoms with Gasteiger partial charge in [0, 0.05) is 19.3 Å². The van der Waals surface area contributed by atoms with E-state index >= 15 is 0 Å². The smallest absolute Gasteiger partial charge is 0.306 e. The number of esters is 3. The third kappa shape index (κ3) is 43.5. The predicted octanol–water partition coefficient (Wildman–Crippen LogP) is 15.0. The molecule has 0 aliphatic heterocycles. The van der Waals surface area contributed by atoms with Crippen molar-refractivity contribution in [1.82, 2.24) is 0 Å². The van der Waals surface area contributed by atoms with Gasteiger partial charge in [0.05, 0.1) is 0 Å². The summed E-state index contributed by atoms with van der Waals surface area (Å²) in [6.45, 7) is 6.27. The van der Waals surface area contributed by atoms with Crippen molar-refractivity contribution in [2.75, 3.05) is 13.2 Å². The van der Waals surface area contributed by atoms with Crippen LogP contribution in [0.4, 0.5) is 0 Å². The summed E-state index contributed by atoms with van der Waals surface area (Å²) in [6, 6.07) is 0. The van der Waals surface area contributed by atoms with Gasteiger partial charge in [-0.1, -0.05) is 169 Å². The molecule has 0 aromatic rings. The number of allylic oxidation sites excluding steroid dienone is 16. The highest BCUT2D eigenvalue weighted by Gasteiger charge is 2.19. The largest absolute Gasteiger partial charge is 0.462 e. The Balaban J connectivity index is 4.54. The first-order chi connectivity index (χ1) is 28.5. The number of rotatable bonds is 40. The number of ether oxygens (including phenoxy) is 3. The van der Waals surface area contributed by atoms with Crippen molar-refractivity contribution in [2.24, 2.45) is 0 Å². The Morgan fingerprint density at radius 1 is 0.362 bits per heavy atom. The Morgan fingerprint density at radius 3 is 1.17 bits per heavy atom. The van der Waals surface area contributed by atoms with Crippen LogP contribution < -0.4 is 0 Å². The van der Waals surface area contributed by atoms with Gasteiger partial charge in [0.25, 0.3) is 0 Å². The SMILES string of the molecule is CC/C=C\C/C=C\C/C=C\C/C=C\C/C=C\CCC(=O)OCC(COC(=O)CCCCCCC/C=C\CCCCC)OC(=O)CCCCCCC/C=C\C/C=C\CC. The van der Waals surface area contributed by atoms with Crippen molar-refractivity contribution in [3.05, 3.63) is 97.2 Å². The summed E-state index contributed by atoms with van der Waals surface area (Å²) in [5.41, 5.74) is 0. The molecular formula is C52H84O6. The minimum absolute atomic E-state index is 0.112. The monoisotopic (exact) mass is 805 g/mol. The first-order valence-corrected chi connectivity index (χ1v) is 23.2. The molecule has 0 aliphatic rings. The van der Waals surface area contributed by atoms with E-state index in [0.29, 0.717) is 19.3 Å². The van der Waals surface area contributed by atoms with Gasteiger partial charge in [0.2, 0.25) is 0 Å². The van der Waals surface area contributed by atoms with Crippen LogP contribution in [0.2, 0.25) is 0 Å². The Kier molecular flexibility index (Phi) is 43.1. The van der Waals surface area contributed by atoms with Crippen LogP contribution in [0, 0.1) is 0 Å². The lowest BCUT2D eigenvalue weighted by molar-refractivity contribution is -0.166. The molecule has 0 saturated heterocycles.